The maximum Gasteiger partial charge on any atom is 0.161 e. The molecule has 2 rings (SSSR count). The summed E-state index contributed by atoms with van der Waals surface area (Å²) in [4.78, 5) is 0. The maximum atomic E-state index is 5.87. The number of rotatable bonds is 4. The van der Waals surface area contributed by atoms with Gasteiger partial charge in [0.05, 0.1) is 12.9 Å². The van der Waals surface area contributed by atoms with Crippen LogP contribution in [-0.4, -0.2) is 25.6 Å². The van der Waals surface area contributed by atoms with Crippen molar-refractivity contribution in [2.75, 3.05) is 13.2 Å². The molecule has 0 aromatic rings. The van der Waals surface area contributed by atoms with Gasteiger partial charge in [-0.15, -0.1) is 0 Å². The SMILES string of the molecule is CC=COCC1COC(C2CCCCC2)O1. The molecule has 1 heterocycles. The highest BCUT2D eigenvalue weighted by molar-refractivity contribution is 4.75. The molecule has 0 aromatic carbocycles. The normalized spacial score (nSPS) is 32.3. The second-order valence-corrected chi connectivity index (χ2v) is 4.66. The van der Waals surface area contributed by atoms with E-state index in [1.54, 1.807) is 6.26 Å². The molecule has 0 radical (unpaired) electrons. The van der Waals surface area contributed by atoms with Gasteiger partial charge in [-0.1, -0.05) is 25.3 Å². The van der Waals surface area contributed by atoms with Crippen LogP contribution in [0.4, 0.5) is 0 Å². The first-order chi connectivity index (χ1) is 7.90. The van der Waals surface area contributed by atoms with Crippen molar-refractivity contribution in [2.24, 2.45) is 5.92 Å². The molecule has 0 N–H and O–H groups in total. The fourth-order valence-corrected chi connectivity index (χ4v) is 2.47. The molecule has 1 saturated carbocycles. The molecule has 3 heteroatoms. The Morgan fingerprint density at radius 2 is 2.06 bits per heavy atom. The molecular weight excluding hydrogens is 204 g/mol. The molecule has 92 valence electrons. The van der Waals surface area contributed by atoms with E-state index in [1.165, 1.54) is 32.1 Å². The molecule has 2 aliphatic rings. The molecule has 0 bridgehead atoms. The molecule has 2 unspecified atom stereocenters. The van der Waals surface area contributed by atoms with Crippen LogP contribution < -0.4 is 0 Å². The van der Waals surface area contributed by atoms with Crippen LogP contribution in [0.5, 0.6) is 0 Å². The summed E-state index contributed by atoms with van der Waals surface area (Å²) >= 11 is 0. The first-order valence-corrected chi connectivity index (χ1v) is 6.40. The highest BCUT2D eigenvalue weighted by atomic mass is 16.7. The Bertz CT molecular complexity index is 221. The molecular formula is C13H22O3. The third-order valence-electron chi connectivity index (χ3n) is 3.32. The average Bonchev–Trinajstić information content (AvgIpc) is 2.79. The fraction of sp³-hybridized carbons (Fsp3) is 0.846. The molecule has 16 heavy (non-hydrogen) atoms. The van der Waals surface area contributed by atoms with Crippen molar-refractivity contribution in [3.63, 3.8) is 0 Å². The van der Waals surface area contributed by atoms with E-state index in [1.807, 2.05) is 13.0 Å². The lowest BCUT2D eigenvalue weighted by molar-refractivity contribution is -0.110. The predicted molar refractivity (Wildman–Crippen MR) is 62.0 cm³/mol. The number of hydrogen-bond donors (Lipinski definition) is 0. The zero-order valence-corrected chi connectivity index (χ0v) is 10.1. The highest BCUT2D eigenvalue weighted by Crippen LogP contribution is 2.31. The van der Waals surface area contributed by atoms with E-state index < -0.39 is 0 Å². The minimum atomic E-state index is 0.0273. The summed E-state index contributed by atoms with van der Waals surface area (Å²) < 4.78 is 16.9. The standard InChI is InChI=1S/C13H22O3/c1-2-8-14-9-12-10-15-13(16-12)11-6-4-3-5-7-11/h2,8,11-13H,3-7,9-10H2,1H3. The summed E-state index contributed by atoms with van der Waals surface area (Å²) in [5.74, 6) is 0.612. The van der Waals surface area contributed by atoms with Crippen molar-refractivity contribution in [3.8, 4) is 0 Å². The molecule has 1 aliphatic carbocycles. The smallest absolute Gasteiger partial charge is 0.161 e. The summed E-state index contributed by atoms with van der Waals surface area (Å²) in [5.41, 5.74) is 0. The topological polar surface area (TPSA) is 27.7 Å². The monoisotopic (exact) mass is 226 g/mol. The second kappa shape index (κ2) is 6.26. The van der Waals surface area contributed by atoms with Gasteiger partial charge < -0.3 is 14.2 Å². The van der Waals surface area contributed by atoms with Crippen LogP contribution in [0, 0.1) is 5.92 Å². The van der Waals surface area contributed by atoms with Crippen LogP contribution in [0.15, 0.2) is 12.3 Å². The van der Waals surface area contributed by atoms with Gasteiger partial charge in [0, 0.05) is 5.92 Å². The van der Waals surface area contributed by atoms with Gasteiger partial charge in [-0.2, -0.15) is 0 Å². The van der Waals surface area contributed by atoms with Gasteiger partial charge in [0.15, 0.2) is 6.29 Å². The minimum Gasteiger partial charge on any atom is -0.499 e. The van der Waals surface area contributed by atoms with Crippen molar-refractivity contribution in [1.29, 1.82) is 0 Å². The Kier molecular flexibility index (Phi) is 4.67. The molecule has 0 amide bonds. The number of allylic oxidation sites excluding steroid dienone is 1. The Morgan fingerprint density at radius 3 is 2.81 bits per heavy atom. The molecule has 0 aromatic heterocycles. The lowest BCUT2D eigenvalue weighted by Crippen LogP contribution is -2.25. The third-order valence-corrected chi connectivity index (χ3v) is 3.32. The fourth-order valence-electron chi connectivity index (χ4n) is 2.47. The summed E-state index contributed by atoms with van der Waals surface area (Å²) in [6.07, 6.45) is 10.3. The molecule has 3 nitrogen and oxygen atoms in total. The summed E-state index contributed by atoms with van der Waals surface area (Å²) in [6, 6.07) is 0. The zero-order valence-electron chi connectivity index (χ0n) is 10.1. The molecule has 1 saturated heterocycles. The van der Waals surface area contributed by atoms with Gasteiger partial charge in [-0.05, 0) is 19.8 Å². The maximum absolute atomic E-state index is 5.87. The quantitative estimate of drug-likeness (QED) is 0.690. The van der Waals surface area contributed by atoms with Gasteiger partial charge in [0.2, 0.25) is 0 Å². The Balaban J connectivity index is 1.70. The van der Waals surface area contributed by atoms with E-state index in [0.29, 0.717) is 19.1 Å². The van der Waals surface area contributed by atoms with Crippen molar-refractivity contribution >= 4 is 0 Å². The van der Waals surface area contributed by atoms with Gasteiger partial charge in [0.25, 0.3) is 0 Å². The van der Waals surface area contributed by atoms with Gasteiger partial charge in [-0.3, -0.25) is 0 Å². The zero-order chi connectivity index (χ0) is 11.2. The first kappa shape index (κ1) is 11.9. The van der Waals surface area contributed by atoms with E-state index in [4.69, 9.17) is 14.2 Å². The number of ether oxygens (including phenoxy) is 3. The van der Waals surface area contributed by atoms with Crippen LogP contribution in [0.1, 0.15) is 39.0 Å². The van der Waals surface area contributed by atoms with E-state index in [9.17, 15) is 0 Å². The van der Waals surface area contributed by atoms with Crippen LogP contribution in [0.25, 0.3) is 0 Å². The molecule has 2 atom stereocenters. The van der Waals surface area contributed by atoms with E-state index in [-0.39, 0.29) is 12.4 Å². The van der Waals surface area contributed by atoms with Gasteiger partial charge in [0.1, 0.15) is 12.7 Å². The third kappa shape index (κ3) is 3.22. The Labute approximate surface area is 97.8 Å². The van der Waals surface area contributed by atoms with E-state index >= 15 is 0 Å². The number of hydrogen-bond acceptors (Lipinski definition) is 3. The van der Waals surface area contributed by atoms with Crippen LogP contribution in [-0.2, 0) is 14.2 Å². The van der Waals surface area contributed by atoms with Gasteiger partial charge in [-0.25, -0.2) is 0 Å². The van der Waals surface area contributed by atoms with Crippen LogP contribution >= 0.6 is 0 Å². The van der Waals surface area contributed by atoms with Crippen molar-refractivity contribution in [3.05, 3.63) is 12.3 Å². The molecule has 2 fully saturated rings. The predicted octanol–water partition coefficient (Wildman–Crippen LogP) is 2.86. The summed E-state index contributed by atoms with van der Waals surface area (Å²) in [5, 5.41) is 0. The minimum absolute atomic E-state index is 0.0273. The Morgan fingerprint density at radius 1 is 1.25 bits per heavy atom. The van der Waals surface area contributed by atoms with Crippen molar-refractivity contribution in [2.45, 2.75) is 51.4 Å². The van der Waals surface area contributed by atoms with Crippen molar-refractivity contribution < 1.29 is 14.2 Å². The van der Waals surface area contributed by atoms with Gasteiger partial charge >= 0.3 is 0 Å². The summed E-state index contributed by atoms with van der Waals surface area (Å²) in [7, 11) is 0. The first-order valence-electron chi connectivity index (χ1n) is 6.40. The Hall–Kier alpha value is -0.540. The summed E-state index contributed by atoms with van der Waals surface area (Å²) in [6.45, 7) is 3.23. The van der Waals surface area contributed by atoms with Crippen LogP contribution in [0.3, 0.4) is 0 Å². The van der Waals surface area contributed by atoms with E-state index in [2.05, 4.69) is 0 Å². The largest absolute Gasteiger partial charge is 0.499 e. The van der Waals surface area contributed by atoms with Crippen LogP contribution in [0.2, 0.25) is 0 Å². The molecule has 1 aliphatic heterocycles. The van der Waals surface area contributed by atoms with Crippen molar-refractivity contribution in [1.82, 2.24) is 0 Å². The second-order valence-electron chi connectivity index (χ2n) is 4.66. The van der Waals surface area contributed by atoms with E-state index in [0.717, 1.165) is 0 Å². The lowest BCUT2D eigenvalue weighted by atomic mass is 9.89. The molecule has 0 spiro atoms. The average molecular weight is 226 g/mol. The highest BCUT2D eigenvalue weighted by Gasteiger charge is 2.33. The lowest BCUT2D eigenvalue weighted by Gasteiger charge is -2.26.